The topological polar surface area (TPSA) is 139 Å². The highest BCUT2D eigenvalue weighted by Gasteiger charge is 2.45. The molecule has 0 aromatic rings. The summed E-state index contributed by atoms with van der Waals surface area (Å²) >= 11 is 0. The van der Waals surface area contributed by atoms with Crippen molar-refractivity contribution < 1.29 is 14.6 Å². The standard InChI is InChI=1S/C10H14N6O3/c11-5-2-19-9(4(5)1-17)16-3-13-6-7(16)14-10(12)15-8(6)18/h3-6,9,17H,1-2,11H2,(H2,12,15,18)/t4-,5?,6?,9+/m1/s1. The molecule has 102 valence electrons. The van der Waals surface area contributed by atoms with E-state index in [1.807, 2.05) is 0 Å². The Morgan fingerprint density at radius 2 is 2.32 bits per heavy atom. The van der Waals surface area contributed by atoms with E-state index >= 15 is 0 Å². The number of nitrogens with two attached hydrogens (primary N) is 2. The molecule has 3 aliphatic heterocycles. The average molecular weight is 266 g/mol. The van der Waals surface area contributed by atoms with Crippen LogP contribution in [0.4, 0.5) is 0 Å². The Kier molecular flexibility index (Phi) is 2.81. The summed E-state index contributed by atoms with van der Waals surface area (Å²) in [6.45, 7) is 0.210. The van der Waals surface area contributed by atoms with Gasteiger partial charge in [0.2, 0.25) is 5.96 Å². The van der Waals surface area contributed by atoms with Crippen molar-refractivity contribution in [3.8, 4) is 0 Å². The van der Waals surface area contributed by atoms with E-state index in [1.165, 1.54) is 6.34 Å². The molecule has 0 aliphatic carbocycles. The second-order valence-corrected chi connectivity index (χ2v) is 4.59. The first kappa shape index (κ1) is 12.2. The van der Waals surface area contributed by atoms with E-state index in [0.717, 1.165) is 0 Å². The predicted molar refractivity (Wildman–Crippen MR) is 66.5 cm³/mol. The van der Waals surface area contributed by atoms with Crippen molar-refractivity contribution >= 4 is 24.0 Å². The molecule has 19 heavy (non-hydrogen) atoms. The largest absolute Gasteiger partial charge is 0.396 e. The molecular formula is C10H14N6O3. The van der Waals surface area contributed by atoms with Crippen molar-refractivity contribution in [3.63, 3.8) is 0 Å². The first-order valence-electron chi connectivity index (χ1n) is 5.88. The van der Waals surface area contributed by atoms with E-state index in [9.17, 15) is 9.90 Å². The fourth-order valence-corrected chi connectivity index (χ4v) is 2.39. The van der Waals surface area contributed by atoms with Gasteiger partial charge in [-0.3, -0.25) is 14.7 Å². The molecule has 0 spiro atoms. The molecule has 0 radical (unpaired) electrons. The number of nitrogens with zero attached hydrogens (tertiary/aromatic N) is 4. The van der Waals surface area contributed by atoms with Gasteiger partial charge in [0.15, 0.2) is 11.9 Å². The number of hydrogen-bond acceptors (Lipinski definition) is 8. The van der Waals surface area contributed by atoms with Crippen LogP contribution in [0.5, 0.6) is 0 Å². The predicted octanol–water partition coefficient (Wildman–Crippen LogP) is -2.76. The monoisotopic (exact) mass is 266 g/mol. The molecule has 1 saturated heterocycles. The van der Waals surface area contributed by atoms with Crippen molar-refractivity contribution in [2.45, 2.75) is 18.3 Å². The maximum atomic E-state index is 11.7. The maximum Gasteiger partial charge on any atom is 0.281 e. The Morgan fingerprint density at radius 3 is 3.05 bits per heavy atom. The van der Waals surface area contributed by atoms with Crippen LogP contribution in [0.3, 0.4) is 0 Å². The number of hydrogen-bond donors (Lipinski definition) is 3. The van der Waals surface area contributed by atoms with E-state index in [-0.39, 0.29) is 24.5 Å². The van der Waals surface area contributed by atoms with Crippen LogP contribution in [0, 0.1) is 5.92 Å². The summed E-state index contributed by atoms with van der Waals surface area (Å²) in [5.74, 6) is -0.461. The first-order valence-corrected chi connectivity index (χ1v) is 5.88. The Hall–Kier alpha value is -1.84. The lowest BCUT2D eigenvalue weighted by molar-refractivity contribution is -0.117. The number of guanidine groups is 1. The zero-order valence-electron chi connectivity index (χ0n) is 10.0. The normalized spacial score (nSPS) is 37.4. The van der Waals surface area contributed by atoms with Gasteiger partial charge in [0.1, 0.15) is 6.23 Å². The Balaban J connectivity index is 1.89. The average Bonchev–Trinajstić information content (AvgIpc) is 2.92. The van der Waals surface area contributed by atoms with Crippen molar-refractivity contribution in [1.29, 1.82) is 0 Å². The lowest BCUT2D eigenvalue weighted by Gasteiger charge is -2.29. The van der Waals surface area contributed by atoms with Gasteiger partial charge in [-0.2, -0.15) is 9.98 Å². The van der Waals surface area contributed by atoms with Crippen LogP contribution in [0.2, 0.25) is 0 Å². The van der Waals surface area contributed by atoms with E-state index in [0.29, 0.717) is 12.4 Å². The third-order valence-electron chi connectivity index (χ3n) is 3.40. The molecule has 1 amide bonds. The van der Waals surface area contributed by atoms with Crippen LogP contribution in [0.25, 0.3) is 0 Å². The lowest BCUT2D eigenvalue weighted by atomic mass is 10.0. The van der Waals surface area contributed by atoms with Gasteiger partial charge in [-0.1, -0.05) is 0 Å². The molecule has 2 unspecified atom stereocenters. The number of rotatable bonds is 2. The number of carbonyl (C=O) groups excluding carboxylic acids is 1. The van der Waals surface area contributed by atoms with Crippen LogP contribution in [-0.4, -0.2) is 65.6 Å². The van der Waals surface area contributed by atoms with Gasteiger partial charge in [0.05, 0.1) is 19.6 Å². The Bertz CT molecular complexity index is 501. The van der Waals surface area contributed by atoms with E-state index in [4.69, 9.17) is 16.2 Å². The highest BCUT2D eigenvalue weighted by molar-refractivity contribution is 6.21. The molecule has 0 aromatic heterocycles. The van der Waals surface area contributed by atoms with Crippen LogP contribution >= 0.6 is 0 Å². The summed E-state index contributed by atoms with van der Waals surface area (Å²) in [7, 11) is 0. The molecule has 3 heterocycles. The van der Waals surface area contributed by atoms with E-state index in [1.54, 1.807) is 4.90 Å². The summed E-state index contributed by atoms with van der Waals surface area (Å²) < 4.78 is 5.55. The van der Waals surface area contributed by atoms with Crippen LogP contribution < -0.4 is 11.5 Å². The smallest absolute Gasteiger partial charge is 0.281 e. The molecule has 5 N–H and O–H groups in total. The van der Waals surface area contributed by atoms with Crippen molar-refractivity contribution in [1.82, 2.24) is 4.90 Å². The number of fused-ring (bicyclic) bond motifs is 1. The van der Waals surface area contributed by atoms with E-state index in [2.05, 4.69) is 15.0 Å². The van der Waals surface area contributed by atoms with Crippen molar-refractivity contribution in [2.75, 3.05) is 13.2 Å². The molecule has 0 aromatic carbocycles. The molecule has 9 nitrogen and oxygen atoms in total. The number of carbonyl (C=O) groups is 1. The van der Waals surface area contributed by atoms with Gasteiger partial charge < -0.3 is 21.3 Å². The third-order valence-corrected chi connectivity index (χ3v) is 3.40. The molecule has 1 fully saturated rings. The number of aliphatic hydroxyl groups excluding tert-OH is 1. The number of amidine groups is 1. The molecule has 4 atom stereocenters. The molecule has 3 aliphatic rings. The van der Waals surface area contributed by atoms with Gasteiger partial charge >= 0.3 is 0 Å². The van der Waals surface area contributed by atoms with Crippen molar-refractivity contribution in [2.24, 2.45) is 32.4 Å². The Morgan fingerprint density at radius 1 is 1.53 bits per heavy atom. The fraction of sp³-hybridized carbons (Fsp3) is 0.600. The molecule has 0 saturated carbocycles. The minimum atomic E-state index is -0.771. The van der Waals surface area contributed by atoms with Crippen molar-refractivity contribution in [3.05, 3.63) is 0 Å². The van der Waals surface area contributed by atoms with Gasteiger partial charge in [-0.15, -0.1) is 0 Å². The number of aliphatic imine (C=N–C) groups is 3. The first-order chi connectivity index (χ1) is 9.11. The minimum absolute atomic E-state index is 0.102. The molecule has 9 heteroatoms. The summed E-state index contributed by atoms with van der Waals surface area (Å²) in [5.41, 5.74) is 11.3. The molecular weight excluding hydrogens is 252 g/mol. The van der Waals surface area contributed by atoms with Gasteiger partial charge in [-0.25, -0.2) is 0 Å². The Labute approximate surface area is 108 Å². The number of amides is 1. The van der Waals surface area contributed by atoms with Crippen LogP contribution in [-0.2, 0) is 9.53 Å². The molecule has 0 bridgehead atoms. The summed E-state index contributed by atoms with van der Waals surface area (Å²) in [4.78, 5) is 24.9. The summed E-state index contributed by atoms with van der Waals surface area (Å²) in [6.07, 6.45) is 0.965. The zero-order chi connectivity index (χ0) is 13.6. The highest BCUT2D eigenvalue weighted by Crippen LogP contribution is 2.26. The second-order valence-electron chi connectivity index (χ2n) is 4.59. The van der Waals surface area contributed by atoms with Gasteiger partial charge in [0, 0.05) is 12.0 Å². The van der Waals surface area contributed by atoms with E-state index < -0.39 is 18.2 Å². The SMILES string of the molecule is NC1=NC(=O)C2N=CN([C@H]3OCC(N)[C@H]3CO)C2=N1. The van der Waals surface area contributed by atoms with Crippen LogP contribution in [0.15, 0.2) is 15.0 Å². The zero-order valence-corrected chi connectivity index (χ0v) is 10.0. The fourth-order valence-electron chi connectivity index (χ4n) is 2.39. The van der Waals surface area contributed by atoms with Gasteiger partial charge in [-0.05, 0) is 0 Å². The summed E-state index contributed by atoms with van der Waals surface area (Å²) in [5, 5.41) is 9.38. The van der Waals surface area contributed by atoms with Gasteiger partial charge in [0.25, 0.3) is 5.91 Å². The summed E-state index contributed by atoms with van der Waals surface area (Å²) in [6, 6.07) is -1.04. The van der Waals surface area contributed by atoms with Crippen LogP contribution in [0.1, 0.15) is 0 Å². The highest BCUT2D eigenvalue weighted by atomic mass is 16.5. The number of aliphatic hydroxyl groups is 1. The lowest BCUT2D eigenvalue weighted by Crippen LogP contribution is -2.48. The second kappa shape index (κ2) is 4.37. The third kappa shape index (κ3) is 1.82. The molecule has 3 rings (SSSR count). The number of ether oxygens (including phenoxy) is 1. The quantitative estimate of drug-likeness (QED) is 0.495. The maximum absolute atomic E-state index is 11.7. The minimum Gasteiger partial charge on any atom is -0.396 e.